The van der Waals surface area contributed by atoms with Crippen molar-refractivity contribution in [1.29, 1.82) is 0 Å². The largest absolute Gasteiger partial charge is 0.416 e. The summed E-state index contributed by atoms with van der Waals surface area (Å²) >= 11 is 5.34. The fourth-order valence-electron chi connectivity index (χ4n) is 1.89. The van der Waals surface area contributed by atoms with Gasteiger partial charge in [-0.2, -0.15) is 13.2 Å². The van der Waals surface area contributed by atoms with Crippen LogP contribution in [0.1, 0.15) is 31.3 Å². The molecule has 1 unspecified atom stereocenters. The van der Waals surface area contributed by atoms with Crippen molar-refractivity contribution in [1.82, 2.24) is 0 Å². The van der Waals surface area contributed by atoms with Gasteiger partial charge in [-0.05, 0) is 49.6 Å². The van der Waals surface area contributed by atoms with Gasteiger partial charge in [-0.15, -0.1) is 11.3 Å². The molecule has 0 aliphatic carbocycles. The highest BCUT2D eigenvalue weighted by Gasteiger charge is 2.30. The number of halogens is 4. The first kappa shape index (κ1) is 15.6. The Bertz CT molecular complexity index is 565. The van der Waals surface area contributed by atoms with Gasteiger partial charge in [-0.3, -0.25) is 0 Å². The molecule has 1 atom stereocenters. The zero-order valence-corrected chi connectivity index (χ0v) is 13.5. The van der Waals surface area contributed by atoms with Crippen molar-refractivity contribution in [2.75, 3.05) is 0 Å². The lowest BCUT2D eigenvalue weighted by molar-refractivity contribution is -0.137. The van der Waals surface area contributed by atoms with E-state index in [0.717, 1.165) is 17.7 Å². The third-order valence-electron chi connectivity index (χ3n) is 3.19. The molecule has 2 aromatic rings. The van der Waals surface area contributed by atoms with Crippen LogP contribution in [0, 0.1) is 13.8 Å². The fourth-order valence-corrected chi connectivity index (χ4v) is 3.70. The molecule has 0 amide bonds. The van der Waals surface area contributed by atoms with Gasteiger partial charge < -0.3 is 0 Å². The summed E-state index contributed by atoms with van der Waals surface area (Å²) in [5.74, 6) is 0. The molecule has 0 spiro atoms. The van der Waals surface area contributed by atoms with Gasteiger partial charge in [-0.1, -0.05) is 28.1 Å². The van der Waals surface area contributed by atoms with Gasteiger partial charge in [-0.25, -0.2) is 0 Å². The molecular weight excluding hydrogens is 349 g/mol. The number of hydrogen-bond donors (Lipinski definition) is 0. The number of aryl methyl sites for hydroxylation is 2. The van der Waals surface area contributed by atoms with E-state index in [0.29, 0.717) is 6.42 Å². The first-order valence-corrected chi connectivity index (χ1v) is 7.87. The Labute approximate surface area is 128 Å². The van der Waals surface area contributed by atoms with Gasteiger partial charge in [0.25, 0.3) is 0 Å². The Hall–Kier alpha value is -0.810. The molecule has 0 radical (unpaired) electrons. The Kier molecular flexibility index (Phi) is 4.59. The average molecular weight is 363 g/mol. The molecule has 0 N–H and O–H groups in total. The van der Waals surface area contributed by atoms with Gasteiger partial charge in [0.15, 0.2) is 0 Å². The number of benzene rings is 1. The molecule has 0 aliphatic rings. The van der Waals surface area contributed by atoms with Gasteiger partial charge in [0.05, 0.1) is 10.4 Å². The van der Waals surface area contributed by atoms with Crippen LogP contribution >= 0.6 is 27.3 Å². The molecule has 0 nitrogen and oxygen atoms in total. The van der Waals surface area contributed by atoms with Crippen molar-refractivity contribution >= 4 is 27.3 Å². The zero-order valence-electron chi connectivity index (χ0n) is 11.1. The van der Waals surface area contributed by atoms with Crippen LogP contribution in [0.4, 0.5) is 13.2 Å². The molecular formula is C15H14BrF3S. The van der Waals surface area contributed by atoms with Crippen LogP contribution < -0.4 is 0 Å². The normalized spacial score (nSPS) is 13.5. The standard InChI is InChI=1S/C15H14BrF3S/c1-9-7-14(20-10(9)2)13(16)8-11-3-5-12(6-4-11)15(17,18)19/h3-7,13H,8H2,1-2H3. The Morgan fingerprint density at radius 1 is 1.15 bits per heavy atom. The summed E-state index contributed by atoms with van der Waals surface area (Å²) in [6, 6.07) is 7.50. The Balaban J connectivity index is 2.10. The highest BCUT2D eigenvalue weighted by atomic mass is 79.9. The zero-order chi connectivity index (χ0) is 14.9. The lowest BCUT2D eigenvalue weighted by Crippen LogP contribution is -2.04. The molecule has 0 saturated carbocycles. The van der Waals surface area contributed by atoms with E-state index in [9.17, 15) is 13.2 Å². The van der Waals surface area contributed by atoms with E-state index in [2.05, 4.69) is 35.8 Å². The van der Waals surface area contributed by atoms with Crippen molar-refractivity contribution in [3.63, 3.8) is 0 Å². The smallest absolute Gasteiger partial charge is 0.166 e. The first-order chi connectivity index (χ1) is 9.27. The Morgan fingerprint density at radius 2 is 1.75 bits per heavy atom. The van der Waals surface area contributed by atoms with Crippen LogP contribution in [0.25, 0.3) is 0 Å². The predicted molar refractivity (Wildman–Crippen MR) is 80.6 cm³/mol. The maximum atomic E-state index is 12.5. The number of hydrogen-bond acceptors (Lipinski definition) is 1. The van der Waals surface area contributed by atoms with Crippen molar-refractivity contribution in [3.05, 3.63) is 56.8 Å². The van der Waals surface area contributed by atoms with E-state index in [4.69, 9.17) is 0 Å². The minimum absolute atomic E-state index is 0.136. The molecule has 1 heterocycles. The maximum Gasteiger partial charge on any atom is 0.416 e. The van der Waals surface area contributed by atoms with Crippen molar-refractivity contribution in [3.8, 4) is 0 Å². The van der Waals surface area contributed by atoms with Gasteiger partial charge in [0.1, 0.15) is 0 Å². The monoisotopic (exact) mass is 362 g/mol. The van der Waals surface area contributed by atoms with Crippen molar-refractivity contribution in [2.45, 2.75) is 31.3 Å². The van der Waals surface area contributed by atoms with Crippen LogP contribution in [-0.2, 0) is 12.6 Å². The molecule has 0 saturated heterocycles. The van der Waals surface area contributed by atoms with E-state index in [1.807, 2.05) is 0 Å². The number of alkyl halides is 4. The number of rotatable bonds is 3. The van der Waals surface area contributed by atoms with Crippen LogP contribution in [0.2, 0.25) is 0 Å². The SMILES string of the molecule is Cc1cc(C(Br)Cc2ccc(C(F)(F)F)cc2)sc1C. The highest BCUT2D eigenvalue weighted by molar-refractivity contribution is 9.09. The molecule has 1 aromatic carbocycles. The lowest BCUT2D eigenvalue weighted by atomic mass is 10.1. The summed E-state index contributed by atoms with van der Waals surface area (Å²) < 4.78 is 37.5. The molecule has 5 heteroatoms. The van der Waals surface area contributed by atoms with Crippen LogP contribution in [0.15, 0.2) is 30.3 Å². The lowest BCUT2D eigenvalue weighted by Gasteiger charge is -2.10. The van der Waals surface area contributed by atoms with Gasteiger partial charge >= 0.3 is 6.18 Å². The summed E-state index contributed by atoms with van der Waals surface area (Å²) in [6.07, 6.45) is -3.59. The highest BCUT2D eigenvalue weighted by Crippen LogP contribution is 2.35. The summed E-state index contributed by atoms with van der Waals surface area (Å²) in [7, 11) is 0. The summed E-state index contributed by atoms with van der Waals surface area (Å²) in [4.78, 5) is 2.62. The van der Waals surface area contributed by atoms with Crippen molar-refractivity contribution in [2.24, 2.45) is 0 Å². The second-order valence-electron chi connectivity index (χ2n) is 4.75. The second-order valence-corrected chi connectivity index (χ2v) is 7.15. The molecule has 0 bridgehead atoms. The molecule has 1 aromatic heterocycles. The van der Waals surface area contributed by atoms with E-state index >= 15 is 0 Å². The predicted octanol–water partition coefficient (Wildman–Crippen LogP) is 6.06. The maximum absolute atomic E-state index is 12.5. The average Bonchev–Trinajstić information content (AvgIpc) is 2.69. The van der Waals surface area contributed by atoms with E-state index in [-0.39, 0.29) is 4.83 Å². The fraction of sp³-hybridized carbons (Fsp3) is 0.333. The van der Waals surface area contributed by atoms with Crippen LogP contribution in [0.5, 0.6) is 0 Å². The van der Waals surface area contributed by atoms with E-state index in [1.54, 1.807) is 23.5 Å². The summed E-state index contributed by atoms with van der Waals surface area (Å²) in [5, 5.41) is 0. The molecule has 0 fully saturated rings. The van der Waals surface area contributed by atoms with Crippen LogP contribution in [-0.4, -0.2) is 0 Å². The molecule has 2 rings (SSSR count). The van der Waals surface area contributed by atoms with Crippen molar-refractivity contribution < 1.29 is 13.2 Å². The molecule has 0 aliphatic heterocycles. The third kappa shape index (κ3) is 3.64. The topological polar surface area (TPSA) is 0 Å². The van der Waals surface area contributed by atoms with Gasteiger partial charge in [0, 0.05) is 9.75 Å². The number of thiophene rings is 1. The quantitative estimate of drug-likeness (QED) is 0.582. The minimum Gasteiger partial charge on any atom is -0.166 e. The summed E-state index contributed by atoms with van der Waals surface area (Å²) in [6.45, 7) is 4.13. The minimum atomic E-state index is -4.27. The van der Waals surface area contributed by atoms with Crippen LogP contribution in [0.3, 0.4) is 0 Å². The first-order valence-electron chi connectivity index (χ1n) is 6.14. The summed E-state index contributed by atoms with van der Waals surface area (Å²) in [5.41, 5.74) is 1.54. The molecule has 20 heavy (non-hydrogen) atoms. The third-order valence-corrected chi connectivity index (χ3v) is 5.58. The second kappa shape index (κ2) is 5.90. The van der Waals surface area contributed by atoms with Gasteiger partial charge in [0.2, 0.25) is 0 Å². The molecule has 108 valence electrons. The van der Waals surface area contributed by atoms with E-state index in [1.165, 1.54) is 15.3 Å². The van der Waals surface area contributed by atoms with E-state index < -0.39 is 11.7 Å². The Morgan fingerprint density at radius 3 is 2.20 bits per heavy atom.